The molecule has 1 aliphatic carbocycles. The summed E-state index contributed by atoms with van der Waals surface area (Å²) in [5.41, 5.74) is 2.68. The first-order valence-electron chi connectivity index (χ1n) is 13.3. The molecular formula is C31H39NO9. The van der Waals surface area contributed by atoms with Crippen molar-refractivity contribution >= 4 is 23.8 Å². The third-order valence-corrected chi connectivity index (χ3v) is 6.41. The maximum absolute atomic E-state index is 13.6. The van der Waals surface area contributed by atoms with Gasteiger partial charge < -0.3 is 38.5 Å². The molecule has 0 unspecified atom stereocenters. The molecule has 0 heterocycles. The van der Waals surface area contributed by atoms with Crippen LogP contribution >= 0.6 is 0 Å². The number of ketones is 1. The summed E-state index contributed by atoms with van der Waals surface area (Å²) in [5, 5.41) is 3.02. The number of Topliss-reactive ketones (excluding diaryl/α,β-unsaturated/α-hetero) is 1. The Morgan fingerprint density at radius 3 is 1.71 bits per heavy atom. The number of nitrogens with one attached hydrogen (secondary N) is 1. The van der Waals surface area contributed by atoms with Crippen LogP contribution in [0.4, 0.5) is 0 Å². The zero-order chi connectivity index (χ0) is 29.6. The summed E-state index contributed by atoms with van der Waals surface area (Å²) < 4.78 is 37.2. The zero-order valence-electron chi connectivity index (χ0n) is 24.3. The number of carbonyl (C=O) groups excluding carboxylic acids is 2. The van der Waals surface area contributed by atoms with E-state index in [4.69, 9.17) is 33.2 Å². The Bertz CT molecular complexity index is 1160. The highest BCUT2D eigenvalue weighted by molar-refractivity contribution is 6.14. The van der Waals surface area contributed by atoms with E-state index in [1.807, 2.05) is 36.4 Å². The van der Waals surface area contributed by atoms with Gasteiger partial charge in [-0.1, -0.05) is 12.1 Å². The Morgan fingerprint density at radius 1 is 0.732 bits per heavy atom. The molecule has 222 valence electrons. The number of carbonyl (C=O) groups is 2. The lowest BCUT2D eigenvalue weighted by Gasteiger charge is -2.27. The van der Waals surface area contributed by atoms with Crippen LogP contribution in [-0.2, 0) is 23.8 Å². The molecule has 0 atom stereocenters. The molecule has 1 saturated carbocycles. The molecule has 0 aromatic heterocycles. The van der Waals surface area contributed by atoms with E-state index in [0.717, 1.165) is 11.1 Å². The van der Waals surface area contributed by atoms with Gasteiger partial charge in [0.15, 0.2) is 28.8 Å². The molecule has 0 bridgehead atoms. The monoisotopic (exact) mass is 569 g/mol. The third kappa shape index (κ3) is 9.34. The van der Waals surface area contributed by atoms with Crippen molar-refractivity contribution in [1.29, 1.82) is 0 Å². The molecule has 2 aromatic rings. The fourth-order valence-electron chi connectivity index (χ4n) is 4.43. The Hall–Kier alpha value is -3.86. The summed E-state index contributed by atoms with van der Waals surface area (Å²) in [4.78, 5) is 26.3. The lowest BCUT2D eigenvalue weighted by molar-refractivity contribution is -0.127. The predicted molar refractivity (Wildman–Crippen MR) is 155 cm³/mol. The van der Waals surface area contributed by atoms with Crippen LogP contribution in [0.25, 0.3) is 12.2 Å². The lowest BCUT2D eigenvalue weighted by atomic mass is 9.83. The molecule has 0 spiro atoms. The second-order valence-electron chi connectivity index (χ2n) is 9.23. The first kappa shape index (κ1) is 31.7. The van der Waals surface area contributed by atoms with Crippen molar-refractivity contribution in [1.82, 2.24) is 5.32 Å². The SMILES string of the molecule is COCCOCCOCC(=O)NC1C/C(=C\c2ccc(OC)c(OC)c2)C(=O)/C(=C/c2ccc(OC)c(OC)c2)C1. The number of rotatable bonds is 15. The van der Waals surface area contributed by atoms with Gasteiger partial charge in [-0.05, 0) is 60.4 Å². The van der Waals surface area contributed by atoms with Gasteiger partial charge in [0.2, 0.25) is 5.91 Å². The minimum atomic E-state index is -0.306. The quantitative estimate of drug-likeness (QED) is 0.253. The van der Waals surface area contributed by atoms with Crippen molar-refractivity contribution in [3.63, 3.8) is 0 Å². The Labute approximate surface area is 241 Å². The van der Waals surface area contributed by atoms with E-state index in [0.29, 0.717) is 66.8 Å². The summed E-state index contributed by atoms with van der Waals surface area (Å²) in [7, 11) is 7.86. The average Bonchev–Trinajstić information content (AvgIpc) is 2.98. The van der Waals surface area contributed by atoms with Crippen molar-refractivity contribution in [2.75, 3.05) is 68.6 Å². The highest BCUT2D eigenvalue weighted by atomic mass is 16.5. The zero-order valence-corrected chi connectivity index (χ0v) is 24.3. The fourth-order valence-corrected chi connectivity index (χ4v) is 4.43. The summed E-state index contributed by atoms with van der Waals surface area (Å²) in [6, 6.07) is 10.6. The minimum absolute atomic E-state index is 0.0930. The molecule has 3 rings (SSSR count). The Morgan fingerprint density at radius 2 is 1.22 bits per heavy atom. The van der Waals surface area contributed by atoms with Crippen LogP contribution in [0.1, 0.15) is 24.0 Å². The Balaban J connectivity index is 1.81. The molecule has 41 heavy (non-hydrogen) atoms. The summed E-state index contributed by atoms with van der Waals surface area (Å²) >= 11 is 0. The average molecular weight is 570 g/mol. The third-order valence-electron chi connectivity index (χ3n) is 6.41. The molecule has 1 N–H and O–H groups in total. The van der Waals surface area contributed by atoms with E-state index >= 15 is 0 Å². The van der Waals surface area contributed by atoms with Gasteiger partial charge in [-0.15, -0.1) is 0 Å². The van der Waals surface area contributed by atoms with Crippen LogP contribution in [0.15, 0.2) is 47.5 Å². The largest absolute Gasteiger partial charge is 0.493 e. The van der Waals surface area contributed by atoms with Crippen molar-refractivity contribution in [2.24, 2.45) is 0 Å². The topological polar surface area (TPSA) is 111 Å². The number of hydrogen-bond donors (Lipinski definition) is 1. The Kier molecular flexibility index (Phi) is 12.7. The van der Waals surface area contributed by atoms with E-state index in [9.17, 15) is 9.59 Å². The molecule has 1 aliphatic rings. The number of hydrogen-bond acceptors (Lipinski definition) is 9. The van der Waals surface area contributed by atoms with E-state index in [1.54, 1.807) is 47.7 Å². The number of methoxy groups -OCH3 is 5. The molecule has 0 radical (unpaired) electrons. The van der Waals surface area contributed by atoms with Crippen LogP contribution in [-0.4, -0.2) is 86.3 Å². The van der Waals surface area contributed by atoms with Gasteiger partial charge in [0.1, 0.15) is 6.61 Å². The van der Waals surface area contributed by atoms with Gasteiger partial charge >= 0.3 is 0 Å². The number of ether oxygens (including phenoxy) is 7. The van der Waals surface area contributed by atoms with Crippen LogP contribution in [0, 0.1) is 0 Å². The first-order chi connectivity index (χ1) is 19.9. The van der Waals surface area contributed by atoms with Crippen molar-refractivity contribution in [3.8, 4) is 23.0 Å². The predicted octanol–water partition coefficient (Wildman–Crippen LogP) is 3.72. The van der Waals surface area contributed by atoms with Crippen LogP contribution in [0.5, 0.6) is 23.0 Å². The van der Waals surface area contributed by atoms with E-state index < -0.39 is 0 Å². The fraction of sp³-hybridized carbons (Fsp3) is 0.419. The number of amides is 1. The van der Waals surface area contributed by atoms with Gasteiger partial charge in [0, 0.05) is 24.3 Å². The maximum atomic E-state index is 13.6. The van der Waals surface area contributed by atoms with E-state index in [2.05, 4.69) is 5.32 Å². The van der Waals surface area contributed by atoms with E-state index in [1.165, 1.54) is 0 Å². The maximum Gasteiger partial charge on any atom is 0.246 e. The first-order valence-corrected chi connectivity index (χ1v) is 13.3. The summed E-state index contributed by atoms with van der Waals surface area (Å²) in [5.74, 6) is 1.93. The molecule has 1 amide bonds. The molecule has 1 fully saturated rings. The van der Waals surface area contributed by atoms with Crippen molar-refractivity contribution in [3.05, 3.63) is 58.7 Å². The molecule has 10 nitrogen and oxygen atoms in total. The molecule has 10 heteroatoms. The molecule has 0 aliphatic heterocycles. The highest BCUT2D eigenvalue weighted by Gasteiger charge is 2.29. The summed E-state index contributed by atoms with van der Waals surface area (Å²) in [6.07, 6.45) is 4.36. The smallest absolute Gasteiger partial charge is 0.246 e. The van der Waals surface area contributed by atoms with Crippen LogP contribution in [0.3, 0.4) is 0 Å². The van der Waals surface area contributed by atoms with E-state index in [-0.39, 0.29) is 30.9 Å². The van der Waals surface area contributed by atoms with Gasteiger partial charge in [0.25, 0.3) is 0 Å². The van der Waals surface area contributed by atoms with Crippen molar-refractivity contribution in [2.45, 2.75) is 18.9 Å². The molecule has 0 saturated heterocycles. The second-order valence-corrected chi connectivity index (χ2v) is 9.23. The molecular weight excluding hydrogens is 530 g/mol. The van der Waals surface area contributed by atoms with Gasteiger partial charge in [0.05, 0.1) is 54.9 Å². The van der Waals surface area contributed by atoms with Crippen LogP contribution < -0.4 is 24.3 Å². The van der Waals surface area contributed by atoms with Crippen LogP contribution in [0.2, 0.25) is 0 Å². The van der Waals surface area contributed by atoms with Gasteiger partial charge in [-0.25, -0.2) is 0 Å². The van der Waals surface area contributed by atoms with Gasteiger partial charge in [-0.3, -0.25) is 9.59 Å². The van der Waals surface area contributed by atoms with Gasteiger partial charge in [-0.2, -0.15) is 0 Å². The highest BCUT2D eigenvalue weighted by Crippen LogP contribution is 2.33. The van der Waals surface area contributed by atoms with Crippen molar-refractivity contribution < 1.29 is 42.7 Å². The minimum Gasteiger partial charge on any atom is -0.493 e. The second kappa shape index (κ2) is 16.4. The standard InChI is InChI=1S/C31H39NO9/c1-35-10-11-40-12-13-41-20-30(33)32-25-18-23(14-21-6-8-26(36-2)28(16-21)38-4)31(34)24(19-25)15-22-7-9-27(37-3)29(17-22)39-5/h6-9,14-17,25H,10-13,18-20H2,1-5H3,(H,32,33)/b23-14+,24-15+. The lowest BCUT2D eigenvalue weighted by Crippen LogP contribution is -2.41. The molecule has 2 aromatic carbocycles. The number of benzene rings is 2. The normalized spacial score (nSPS) is 17.0. The summed E-state index contributed by atoms with van der Waals surface area (Å²) in [6.45, 7) is 1.51.